The van der Waals surface area contributed by atoms with E-state index in [2.05, 4.69) is 5.32 Å². The van der Waals surface area contributed by atoms with Crippen LogP contribution in [0.15, 0.2) is 0 Å². The average molecular weight is 475 g/mol. The summed E-state index contributed by atoms with van der Waals surface area (Å²) in [4.78, 5) is 22.7. The van der Waals surface area contributed by atoms with Crippen LogP contribution in [0.25, 0.3) is 0 Å². The van der Waals surface area contributed by atoms with Gasteiger partial charge in [-0.3, -0.25) is 4.79 Å². The minimum Gasteiger partial charge on any atom is -0.477 e. The number of rotatable bonds is 12. The van der Waals surface area contributed by atoms with Gasteiger partial charge in [-0.2, -0.15) is 0 Å². The zero-order valence-electron chi connectivity index (χ0n) is 17.0. The zero-order chi connectivity index (χ0) is 23.1. The number of hydrogen-bond acceptors (Lipinski definition) is 11. The number of hydrogen-bond donors (Lipinski definition) is 6. The molecule has 0 aromatic carbocycles. The van der Waals surface area contributed by atoms with Crippen LogP contribution in [0.5, 0.6) is 0 Å². The van der Waals surface area contributed by atoms with E-state index in [4.69, 9.17) is 30.1 Å². The van der Waals surface area contributed by atoms with Crippen molar-refractivity contribution in [2.24, 2.45) is 5.92 Å². The first-order valence-corrected chi connectivity index (χ1v) is 11.9. The Balaban J connectivity index is 3.14. The second-order valence-corrected chi connectivity index (χ2v) is 9.63. The lowest BCUT2D eigenvalue weighted by atomic mass is 9.83. The van der Waals surface area contributed by atoms with Crippen molar-refractivity contribution < 1.29 is 53.4 Å². The van der Waals surface area contributed by atoms with Gasteiger partial charge in [-0.05, 0) is 25.7 Å². The van der Waals surface area contributed by atoms with E-state index in [-0.39, 0.29) is 19.6 Å². The molecular formula is C16H30NO11PS. The molecular weight excluding hydrogens is 445 g/mol. The summed E-state index contributed by atoms with van der Waals surface area (Å²) in [6.07, 6.45) is -6.69. The standard InChI is InChI=1S/C16H30NO11PS/c1-4-25-29(30,26-5-2)28-10(8-18)6-12-13(14(21)17-9(3)19)11(20)7-16(24,27-12)15(22)23/h10-14,18,20-21,24H,4-8H2,1-3H3,(H,17,19)(H,22,23)/t10-,11-,12-,13-,14-,16-/m0/s1. The number of carbonyl (C=O) groups is 2. The second-order valence-electron chi connectivity index (χ2n) is 6.67. The molecule has 1 fully saturated rings. The van der Waals surface area contributed by atoms with Gasteiger partial charge in [-0.1, -0.05) is 0 Å². The molecule has 14 heteroatoms. The van der Waals surface area contributed by atoms with E-state index < -0.39 is 67.9 Å². The van der Waals surface area contributed by atoms with Crippen LogP contribution in [0.2, 0.25) is 0 Å². The van der Waals surface area contributed by atoms with Crippen molar-refractivity contribution in [1.29, 1.82) is 0 Å². The molecule has 0 aliphatic carbocycles. The monoisotopic (exact) mass is 475 g/mol. The topological polar surface area (TPSA) is 184 Å². The molecule has 176 valence electrons. The van der Waals surface area contributed by atoms with Crippen molar-refractivity contribution in [3.8, 4) is 0 Å². The number of aliphatic hydroxyl groups excluding tert-OH is 3. The second kappa shape index (κ2) is 11.8. The van der Waals surface area contributed by atoms with Crippen molar-refractivity contribution in [2.45, 2.75) is 63.9 Å². The van der Waals surface area contributed by atoms with Gasteiger partial charge in [0.2, 0.25) is 5.91 Å². The molecule has 30 heavy (non-hydrogen) atoms. The molecule has 0 aromatic heterocycles. The Morgan fingerprint density at radius 2 is 1.90 bits per heavy atom. The van der Waals surface area contributed by atoms with Gasteiger partial charge in [-0.15, -0.1) is 0 Å². The van der Waals surface area contributed by atoms with E-state index in [0.29, 0.717) is 0 Å². The molecule has 0 radical (unpaired) electrons. The Bertz CT molecular complexity index is 628. The molecule has 1 aliphatic heterocycles. The minimum atomic E-state index is -3.25. The van der Waals surface area contributed by atoms with Crippen molar-refractivity contribution in [2.75, 3.05) is 19.8 Å². The van der Waals surface area contributed by atoms with Crippen LogP contribution in [0, 0.1) is 5.92 Å². The third kappa shape index (κ3) is 7.45. The van der Waals surface area contributed by atoms with Crippen LogP contribution in [-0.4, -0.2) is 87.6 Å². The van der Waals surface area contributed by atoms with Crippen LogP contribution in [-0.2, 0) is 39.7 Å². The fraction of sp³-hybridized carbons (Fsp3) is 0.875. The number of carboxylic acids is 1. The van der Waals surface area contributed by atoms with Crippen LogP contribution in [0.1, 0.15) is 33.6 Å². The summed E-state index contributed by atoms with van der Waals surface area (Å²) in [6.45, 7) is 0.982. The summed E-state index contributed by atoms with van der Waals surface area (Å²) in [7, 11) is 0. The summed E-state index contributed by atoms with van der Waals surface area (Å²) < 4.78 is 21.6. The first-order valence-electron chi connectivity index (χ1n) is 9.36. The molecule has 1 saturated heterocycles. The Labute approximate surface area is 179 Å². The summed E-state index contributed by atoms with van der Waals surface area (Å²) in [6, 6.07) is 0. The van der Waals surface area contributed by atoms with Gasteiger partial charge in [0.05, 0.1) is 44.1 Å². The normalized spacial score (nSPS) is 29.2. The maximum atomic E-state index is 11.4. The Morgan fingerprint density at radius 1 is 1.33 bits per heavy atom. The van der Waals surface area contributed by atoms with Crippen LogP contribution < -0.4 is 5.32 Å². The highest BCUT2D eigenvalue weighted by Crippen LogP contribution is 2.51. The van der Waals surface area contributed by atoms with E-state index in [1.165, 1.54) is 0 Å². The molecule has 0 unspecified atom stereocenters. The Kier molecular flexibility index (Phi) is 10.7. The molecule has 1 amide bonds. The first-order chi connectivity index (χ1) is 13.9. The molecule has 1 heterocycles. The van der Waals surface area contributed by atoms with Crippen LogP contribution >= 0.6 is 6.72 Å². The molecule has 12 nitrogen and oxygen atoms in total. The number of nitrogens with one attached hydrogen (secondary N) is 1. The highest BCUT2D eigenvalue weighted by Gasteiger charge is 2.53. The number of carboxylic acid groups (broad SMARTS) is 1. The van der Waals surface area contributed by atoms with Crippen LogP contribution in [0.3, 0.4) is 0 Å². The van der Waals surface area contributed by atoms with Gasteiger partial charge < -0.3 is 49.2 Å². The van der Waals surface area contributed by atoms with Gasteiger partial charge >= 0.3 is 12.7 Å². The SMILES string of the molecule is CCOP(=S)(OCC)O[C@H](CO)C[C@@H]1O[C@](O)(C(=O)O)C[C@H](O)[C@@H]1[C@H](O)NC(C)=O. The van der Waals surface area contributed by atoms with Crippen molar-refractivity contribution in [3.05, 3.63) is 0 Å². The Morgan fingerprint density at radius 3 is 2.33 bits per heavy atom. The molecule has 0 saturated carbocycles. The molecule has 6 N–H and O–H groups in total. The predicted octanol–water partition coefficient (Wildman–Crippen LogP) is -0.955. The summed E-state index contributed by atoms with van der Waals surface area (Å²) in [5.74, 6) is -6.32. The first kappa shape index (κ1) is 27.3. The fourth-order valence-electron chi connectivity index (χ4n) is 3.11. The van der Waals surface area contributed by atoms with E-state index in [1.54, 1.807) is 13.8 Å². The molecule has 0 spiro atoms. The lowest BCUT2D eigenvalue weighted by Crippen LogP contribution is -2.61. The average Bonchev–Trinajstić information content (AvgIpc) is 2.60. The predicted molar refractivity (Wildman–Crippen MR) is 106 cm³/mol. The summed E-state index contributed by atoms with van der Waals surface area (Å²) in [5.41, 5.74) is 0. The molecule has 0 bridgehead atoms. The number of aliphatic carboxylic acids is 1. The van der Waals surface area contributed by atoms with Crippen LogP contribution in [0.4, 0.5) is 0 Å². The zero-order valence-corrected chi connectivity index (χ0v) is 18.7. The smallest absolute Gasteiger partial charge is 0.364 e. The van der Waals surface area contributed by atoms with Gasteiger partial charge in [0.1, 0.15) is 6.23 Å². The largest absolute Gasteiger partial charge is 0.477 e. The number of amides is 1. The summed E-state index contributed by atoms with van der Waals surface area (Å²) in [5, 5.41) is 52.2. The molecule has 6 atom stereocenters. The van der Waals surface area contributed by atoms with Crippen molar-refractivity contribution >= 4 is 30.4 Å². The highest BCUT2D eigenvalue weighted by atomic mass is 32.5. The summed E-state index contributed by atoms with van der Waals surface area (Å²) >= 11 is 5.25. The minimum absolute atomic E-state index is 0.177. The molecule has 1 rings (SSSR count). The van der Waals surface area contributed by atoms with Gasteiger partial charge in [0.15, 0.2) is 0 Å². The lowest BCUT2D eigenvalue weighted by molar-refractivity contribution is -0.297. The number of aliphatic hydroxyl groups is 4. The van der Waals surface area contributed by atoms with Gasteiger partial charge in [-0.25, -0.2) is 4.79 Å². The quantitative estimate of drug-likeness (QED) is 0.150. The van der Waals surface area contributed by atoms with Gasteiger partial charge in [0.25, 0.3) is 5.79 Å². The number of ether oxygens (including phenoxy) is 1. The maximum absolute atomic E-state index is 11.4. The Hall–Kier alpha value is -0.730. The third-order valence-corrected chi connectivity index (χ3v) is 6.90. The molecule has 1 aliphatic rings. The molecule has 0 aromatic rings. The number of carbonyl (C=O) groups excluding carboxylic acids is 1. The maximum Gasteiger partial charge on any atom is 0.364 e. The lowest BCUT2D eigenvalue weighted by Gasteiger charge is -2.44. The van der Waals surface area contributed by atoms with Crippen molar-refractivity contribution in [3.63, 3.8) is 0 Å². The van der Waals surface area contributed by atoms with E-state index in [0.717, 1.165) is 6.92 Å². The van der Waals surface area contributed by atoms with E-state index >= 15 is 0 Å². The van der Waals surface area contributed by atoms with E-state index in [9.17, 15) is 35.1 Å². The van der Waals surface area contributed by atoms with E-state index in [1.807, 2.05) is 0 Å². The fourth-order valence-corrected chi connectivity index (χ4v) is 5.46. The van der Waals surface area contributed by atoms with Gasteiger partial charge in [0, 0.05) is 19.8 Å². The third-order valence-electron chi connectivity index (χ3n) is 4.31. The van der Waals surface area contributed by atoms with Crippen molar-refractivity contribution in [1.82, 2.24) is 5.32 Å². The highest BCUT2D eigenvalue weighted by molar-refractivity contribution is 8.07.